The summed E-state index contributed by atoms with van der Waals surface area (Å²) in [4.78, 5) is 35.1. The molecule has 8 heteroatoms. The molecule has 1 atom stereocenters. The van der Waals surface area contributed by atoms with Gasteiger partial charge in [-0.25, -0.2) is 9.99 Å². The van der Waals surface area contributed by atoms with Crippen LogP contribution in [0.4, 0.5) is 0 Å². The Bertz CT molecular complexity index is 1500. The second-order valence-corrected chi connectivity index (χ2v) is 9.75. The molecule has 3 aromatic heterocycles. The van der Waals surface area contributed by atoms with Gasteiger partial charge in [-0.3, -0.25) is 15.0 Å². The molecule has 0 spiro atoms. The summed E-state index contributed by atoms with van der Waals surface area (Å²) >= 11 is 3.07. The van der Waals surface area contributed by atoms with Gasteiger partial charge in [-0.1, -0.05) is 54.6 Å². The lowest BCUT2D eigenvalue weighted by atomic mass is 10.1. The van der Waals surface area contributed by atoms with Crippen LogP contribution in [0.3, 0.4) is 0 Å². The van der Waals surface area contributed by atoms with E-state index < -0.39 is 5.91 Å². The van der Waals surface area contributed by atoms with E-state index in [9.17, 15) is 9.59 Å². The molecule has 2 aromatic carbocycles. The topological polar surface area (TPSA) is 78.1 Å². The van der Waals surface area contributed by atoms with Crippen LogP contribution in [-0.4, -0.2) is 32.5 Å². The third-order valence-electron chi connectivity index (χ3n) is 5.65. The predicted molar refractivity (Wildman–Crippen MR) is 133 cm³/mol. The fraction of sp³-hybridized carbons (Fsp3) is 0.0800. The maximum Gasteiger partial charge on any atom is 0.288 e. The number of carbonyl (C=O) groups excluding carboxylic acids is 2. The molecule has 162 valence electrons. The third-order valence-corrected chi connectivity index (χ3v) is 7.92. The second kappa shape index (κ2) is 8.06. The van der Waals surface area contributed by atoms with E-state index in [1.54, 1.807) is 17.4 Å². The number of hydrazine groups is 1. The number of amides is 2. The van der Waals surface area contributed by atoms with Crippen molar-refractivity contribution in [3.05, 3.63) is 88.7 Å². The van der Waals surface area contributed by atoms with E-state index in [4.69, 9.17) is 4.98 Å². The molecule has 1 aliphatic heterocycles. The summed E-state index contributed by atoms with van der Waals surface area (Å²) < 4.78 is 0. The molecule has 6 rings (SSSR count). The molecule has 6 nitrogen and oxygen atoms in total. The number of hydrogen-bond acceptors (Lipinski definition) is 5. The monoisotopic (exact) mass is 470 g/mol. The highest BCUT2D eigenvalue weighted by Gasteiger charge is 2.35. The van der Waals surface area contributed by atoms with Crippen LogP contribution in [0.15, 0.2) is 78.2 Å². The summed E-state index contributed by atoms with van der Waals surface area (Å²) in [6, 6.07) is 23.5. The normalized spacial score (nSPS) is 16.1. The number of aromatic amines is 1. The molecule has 0 bridgehead atoms. The summed E-state index contributed by atoms with van der Waals surface area (Å²) in [5.41, 5.74) is 6.56. The number of carbonyl (C=O) groups is 2. The van der Waals surface area contributed by atoms with Gasteiger partial charge in [0.25, 0.3) is 11.8 Å². The number of H-pyrrole nitrogens is 1. The van der Waals surface area contributed by atoms with Gasteiger partial charge in [-0.05, 0) is 23.6 Å². The summed E-state index contributed by atoms with van der Waals surface area (Å²) in [6.07, 6.45) is 0. The molecular weight excluding hydrogens is 452 g/mol. The number of benzene rings is 2. The second-order valence-electron chi connectivity index (χ2n) is 7.70. The van der Waals surface area contributed by atoms with Gasteiger partial charge in [0, 0.05) is 26.7 Å². The van der Waals surface area contributed by atoms with Gasteiger partial charge >= 0.3 is 0 Å². The summed E-state index contributed by atoms with van der Waals surface area (Å²) in [6.45, 7) is 0. The molecule has 0 radical (unpaired) electrons. The number of aromatic nitrogens is 2. The number of pyridine rings is 1. The zero-order chi connectivity index (χ0) is 22.4. The zero-order valence-corrected chi connectivity index (χ0v) is 19.0. The molecule has 1 fully saturated rings. The van der Waals surface area contributed by atoms with Gasteiger partial charge in [0.1, 0.15) is 11.1 Å². The number of nitrogens with one attached hydrogen (secondary N) is 2. The Kier molecular flexibility index (Phi) is 4.89. The molecule has 1 unspecified atom stereocenters. The van der Waals surface area contributed by atoms with E-state index in [0.29, 0.717) is 11.4 Å². The minimum atomic E-state index is -0.406. The smallest absolute Gasteiger partial charge is 0.288 e. The van der Waals surface area contributed by atoms with Crippen LogP contribution in [-0.2, 0) is 4.79 Å². The number of hydrogen-bond donors (Lipinski definition) is 2. The summed E-state index contributed by atoms with van der Waals surface area (Å²) in [7, 11) is 0. The van der Waals surface area contributed by atoms with Crippen molar-refractivity contribution in [2.75, 3.05) is 5.75 Å². The SMILES string of the molecule is O=C(NN1C(=O)CSC1c1cccs1)c1cc2c([nH]c3ccccc32)c(-c2ccccc2)n1. The summed E-state index contributed by atoms with van der Waals surface area (Å²) in [5, 5.41) is 5.11. The number of thiophene rings is 1. The van der Waals surface area contributed by atoms with E-state index >= 15 is 0 Å². The Balaban J connectivity index is 1.45. The van der Waals surface area contributed by atoms with Crippen LogP contribution in [0, 0.1) is 0 Å². The number of para-hydroxylation sites is 1. The van der Waals surface area contributed by atoms with Crippen molar-refractivity contribution in [3.63, 3.8) is 0 Å². The number of thioether (sulfide) groups is 1. The van der Waals surface area contributed by atoms with Crippen LogP contribution in [0.2, 0.25) is 0 Å². The maximum absolute atomic E-state index is 13.4. The Morgan fingerprint density at radius 3 is 2.67 bits per heavy atom. The first kappa shape index (κ1) is 20.0. The van der Waals surface area contributed by atoms with Crippen molar-refractivity contribution < 1.29 is 9.59 Å². The van der Waals surface area contributed by atoms with Gasteiger partial charge in [0.05, 0.1) is 17.0 Å². The van der Waals surface area contributed by atoms with Crippen molar-refractivity contribution in [2.45, 2.75) is 5.37 Å². The maximum atomic E-state index is 13.4. The van der Waals surface area contributed by atoms with E-state index in [1.807, 2.05) is 72.1 Å². The van der Waals surface area contributed by atoms with E-state index in [-0.39, 0.29) is 17.0 Å². The average molecular weight is 471 g/mol. The lowest BCUT2D eigenvalue weighted by Crippen LogP contribution is -2.44. The first-order valence-electron chi connectivity index (χ1n) is 10.4. The molecule has 4 heterocycles. The van der Waals surface area contributed by atoms with Crippen molar-refractivity contribution in [3.8, 4) is 11.3 Å². The van der Waals surface area contributed by atoms with Gasteiger partial charge in [-0.2, -0.15) is 0 Å². The lowest BCUT2D eigenvalue weighted by molar-refractivity contribution is -0.130. The lowest BCUT2D eigenvalue weighted by Gasteiger charge is -2.23. The molecule has 2 N–H and O–H groups in total. The van der Waals surface area contributed by atoms with Gasteiger partial charge in [0.2, 0.25) is 0 Å². The van der Waals surface area contributed by atoms with E-state index in [0.717, 1.165) is 32.2 Å². The number of rotatable bonds is 4. The molecule has 33 heavy (non-hydrogen) atoms. The fourth-order valence-electron chi connectivity index (χ4n) is 4.12. The number of fused-ring (bicyclic) bond motifs is 3. The van der Waals surface area contributed by atoms with Crippen LogP contribution in [0.1, 0.15) is 20.7 Å². The van der Waals surface area contributed by atoms with Crippen molar-refractivity contribution in [1.82, 2.24) is 20.4 Å². The Labute approximate surface area is 197 Å². The first-order valence-corrected chi connectivity index (χ1v) is 12.4. The quantitative estimate of drug-likeness (QED) is 0.371. The van der Waals surface area contributed by atoms with Crippen molar-refractivity contribution in [1.29, 1.82) is 0 Å². The van der Waals surface area contributed by atoms with Crippen molar-refractivity contribution >= 4 is 56.7 Å². The Morgan fingerprint density at radius 1 is 1.03 bits per heavy atom. The standard InChI is InChI=1S/C25H18N4O2S2/c30-21-14-33-25(20-11-6-12-32-20)29(21)28-24(31)19-13-17-16-9-4-5-10-18(16)26-23(17)22(27-19)15-7-2-1-3-8-15/h1-13,25-26H,14H2,(H,28,31). The molecule has 5 aromatic rings. The Morgan fingerprint density at radius 2 is 1.85 bits per heavy atom. The van der Waals surface area contributed by atoms with Gasteiger partial charge < -0.3 is 4.98 Å². The first-order chi connectivity index (χ1) is 16.2. The fourth-order valence-corrected chi connectivity index (χ4v) is 6.19. The molecule has 0 aliphatic carbocycles. The highest BCUT2D eigenvalue weighted by atomic mass is 32.2. The third kappa shape index (κ3) is 3.48. The van der Waals surface area contributed by atoms with Crippen molar-refractivity contribution in [2.24, 2.45) is 0 Å². The summed E-state index contributed by atoms with van der Waals surface area (Å²) in [5.74, 6) is -0.201. The zero-order valence-electron chi connectivity index (χ0n) is 17.3. The largest absolute Gasteiger partial charge is 0.353 e. The van der Waals surface area contributed by atoms with Crippen LogP contribution in [0.5, 0.6) is 0 Å². The van der Waals surface area contributed by atoms with Crippen LogP contribution >= 0.6 is 23.1 Å². The minimum absolute atomic E-state index is 0.122. The van der Waals surface area contributed by atoms with E-state index in [2.05, 4.69) is 10.4 Å². The highest BCUT2D eigenvalue weighted by Crippen LogP contribution is 2.39. The number of nitrogens with zero attached hydrogens (tertiary/aromatic N) is 2. The average Bonchev–Trinajstić information content (AvgIpc) is 3.58. The molecule has 1 saturated heterocycles. The molecule has 0 saturated carbocycles. The highest BCUT2D eigenvalue weighted by molar-refractivity contribution is 8.00. The van der Waals surface area contributed by atoms with E-state index in [1.165, 1.54) is 16.8 Å². The van der Waals surface area contributed by atoms with Crippen LogP contribution < -0.4 is 5.43 Å². The van der Waals surface area contributed by atoms with Crippen LogP contribution in [0.25, 0.3) is 33.1 Å². The van der Waals surface area contributed by atoms with Gasteiger partial charge in [0.15, 0.2) is 0 Å². The molecular formula is C25H18N4O2S2. The van der Waals surface area contributed by atoms with Gasteiger partial charge in [-0.15, -0.1) is 23.1 Å². The Hall–Kier alpha value is -3.62. The molecule has 1 aliphatic rings. The molecule has 2 amide bonds. The predicted octanol–water partition coefficient (Wildman–Crippen LogP) is 5.36. The minimum Gasteiger partial charge on any atom is -0.353 e.